The maximum absolute atomic E-state index is 12.4. The van der Waals surface area contributed by atoms with Crippen molar-refractivity contribution in [3.8, 4) is 17.2 Å². The number of methoxy groups -OCH3 is 1. The summed E-state index contributed by atoms with van der Waals surface area (Å²) in [5, 5.41) is 6.19. The summed E-state index contributed by atoms with van der Waals surface area (Å²) in [5.41, 5.74) is 2.72. The molecule has 7 heteroatoms. The van der Waals surface area contributed by atoms with E-state index in [1.165, 1.54) is 6.92 Å². The Balaban J connectivity index is 1.63. The zero-order chi connectivity index (χ0) is 22.0. The van der Waals surface area contributed by atoms with Gasteiger partial charge in [-0.1, -0.05) is 30.3 Å². The SMILES string of the molecule is COc1c(Br)cc(C2=NN(C(C)=O)C(c3cccc(Oc4ccccc4)c3)C2)cc1Br. The van der Waals surface area contributed by atoms with Crippen molar-refractivity contribution < 1.29 is 14.3 Å². The summed E-state index contributed by atoms with van der Waals surface area (Å²) in [6, 6.07) is 21.1. The van der Waals surface area contributed by atoms with Gasteiger partial charge in [-0.2, -0.15) is 5.10 Å². The van der Waals surface area contributed by atoms with E-state index in [4.69, 9.17) is 9.47 Å². The molecule has 31 heavy (non-hydrogen) atoms. The van der Waals surface area contributed by atoms with Crippen molar-refractivity contribution >= 4 is 43.5 Å². The molecule has 0 spiro atoms. The van der Waals surface area contributed by atoms with Gasteiger partial charge in [0.05, 0.1) is 27.8 Å². The summed E-state index contributed by atoms with van der Waals surface area (Å²) >= 11 is 7.09. The van der Waals surface area contributed by atoms with E-state index in [1.807, 2.05) is 66.7 Å². The van der Waals surface area contributed by atoms with Gasteiger partial charge in [0.15, 0.2) is 0 Å². The molecule has 3 aromatic rings. The number of hydrazone groups is 1. The average Bonchev–Trinajstić information content (AvgIpc) is 3.20. The summed E-state index contributed by atoms with van der Waals surface area (Å²) in [6.45, 7) is 1.53. The smallest absolute Gasteiger partial charge is 0.240 e. The van der Waals surface area contributed by atoms with E-state index < -0.39 is 0 Å². The molecular weight excluding hydrogens is 524 g/mol. The van der Waals surface area contributed by atoms with Crippen LogP contribution in [0.2, 0.25) is 0 Å². The van der Waals surface area contributed by atoms with E-state index >= 15 is 0 Å². The maximum atomic E-state index is 12.4. The number of para-hydroxylation sites is 1. The Morgan fingerprint density at radius 3 is 2.32 bits per heavy atom. The molecule has 0 aliphatic carbocycles. The molecule has 0 radical (unpaired) electrons. The largest absolute Gasteiger partial charge is 0.494 e. The molecule has 3 aromatic carbocycles. The molecule has 0 fully saturated rings. The van der Waals surface area contributed by atoms with Gasteiger partial charge in [0, 0.05) is 18.9 Å². The molecule has 1 unspecified atom stereocenters. The minimum Gasteiger partial charge on any atom is -0.494 e. The lowest BCUT2D eigenvalue weighted by molar-refractivity contribution is -0.130. The highest BCUT2D eigenvalue weighted by Gasteiger charge is 2.32. The monoisotopic (exact) mass is 542 g/mol. The highest BCUT2D eigenvalue weighted by molar-refractivity contribution is 9.11. The van der Waals surface area contributed by atoms with Crippen molar-refractivity contribution in [2.45, 2.75) is 19.4 Å². The number of carbonyl (C=O) groups excluding carboxylic acids is 1. The van der Waals surface area contributed by atoms with Crippen molar-refractivity contribution in [2.75, 3.05) is 7.11 Å². The second-order valence-electron chi connectivity index (χ2n) is 7.09. The predicted octanol–water partition coefficient (Wildman–Crippen LogP) is 6.71. The van der Waals surface area contributed by atoms with Crippen LogP contribution in [-0.2, 0) is 4.79 Å². The number of halogens is 2. The molecule has 1 heterocycles. The van der Waals surface area contributed by atoms with Crippen LogP contribution in [0, 0.1) is 0 Å². The third-order valence-corrected chi connectivity index (χ3v) is 6.17. The summed E-state index contributed by atoms with van der Waals surface area (Å²) < 4.78 is 13.0. The van der Waals surface area contributed by atoms with E-state index in [1.54, 1.807) is 12.1 Å². The number of benzene rings is 3. The summed E-state index contributed by atoms with van der Waals surface area (Å²) in [7, 11) is 1.62. The molecule has 0 N–H and O–H groups in total. The predicted molar refractivity (Wildman–Crippen MR) is 128 cm³/mol. The van der Waals surface area contributed by atoms with E-state index in [-0.39, 0.29) is 11.9 Å². The molecule has 0 saturated carbocycles. The molecule has 158 valence electrons. The Bertz CT molecular complexity index is 1130. The zero-order valence-electron chi connectivity index (χ0n) is 17.0. The third-order valence-electron chi connectivity index (χ3n) is 4.99. The molecular formula is C24H20Br2N2O3. The van der Waals surface area contributed by atoms with Crippen LogP contribution in [0.3, 0.4) is 0 Å². The first-order chi connectivity index (χ1) is 15.0. The van der Waals surface area contributed by atoms with Gasteiger partial charge in [-0.3, -0.25) is 4.79 Å². The Morgan fingerprint density at radius 2 is 1.68 bits per heavy atom. The first kappa shape index (κ1) is 21.6. The van der Waals surface area contributed by atoms with Crippen LogP contribution in [0.15, 0.2) is 80.8 Å². The molecule has 1 aliphatic rings. The second kappa shape index (κ2) is 9.24. The molecule has 4 rings (SSSR count). The Labute approximate surface area is 197 Å². The van der Waals surface area contributed by atoms with Gasteiger partial charge in [-0.05, 0) is 73.8 Å². The fraction of sp³-hybridized carbons (Fsp3) is 0.167. The van der Waals surface area contributed by atoms with Crippen molar-refractivity contribution in [3.05, 3.63) is 86.8 Å². The van der Waals surface area contributed by atoms with Crippen LogP contribution in [0.1, 0.15) is 30.5 Å². The van der Waals surface area contributed by atoms with Gasteiger partial charge in [-0.25, -0.2) is 5.01 Å². The lowest BCUT2D eigenvalue weighted by atomic mass is 9.98. The van der Waals surface area contributed by atoms with Crippen LogP contribution in [0.4, 0.5) is 0 Å². The van der Waals surface area contributed by atoms with Gasteiger partial charge >= 0.3 is 0 Å². The number of nitrogens with zero attached hydrogens (tertiary/aromatic N) is 2. The number of rotatable bonds is 5. The average molecular weight is 544 g/mol. The molecule has 0 saturated heterocycles. The fourth-order valence-electron chi connectivity index (χ4n) is 3.57. The topological polar surface area (TPSA) is 51.1 Å². The van der Waals surface area contributed by atoms with Gasteiger partial charge in [0.2, 0.25) is 5.91 Å². The molecule has 1 amide bonds. The lowest BCUT2D eigenvalue weighted by Gasteiger charge is -2.21. The van der Waals surface area contributed by atoms with Gasteiger partial charge in [-0.15, -0.1) is 0 Å². The summed E-state index contributed by atoms with van der Waals surface area (Å²) in [6.07, 6.45) is 0.597. The van der Waals surface area contributed by atoms with Crippen molar-refractivity contribution in [3.63, 3.8) is 0 Å². The highest BCUT2D eigenvalue weighted by Crippen LogP contribution is 2.39. The first-order valence-electron chi connectivity index (χ1n) is 9.70. The van der Waals surface area contributed by atoms with Crippen LogP contribution >= 0.6 is 31.9 Å². The third kappa shape index (κ3) is 4.67. The second-order valence-corrected chi connectivity index (χ2v) is 8.80. The van der Waals surface area contributed by atoms with Crippen LogP contribution in [-0.4, -0.2) is 23.7 Å². The van der Waals surface area contributed by atoms with E-state index in [2.05, 4.69) is 37.0 Å². The Kier molecular flexibility index (Phi) is 6.43. The highest BCUT2D eigenvalue weighted by atomic mass is 79.9. The van der Waals surface area contributed by atoms with Crippen LogP contribution in [0.25, 0.3) is 0 Å². The Hall–Kier alpha value is -2.64. The van der Waals surface area contributed by atoms with E-state index in [9.17, 15) is 4.79 Å². The lowest BCUT2D eigenvalue weighted by Crippen LogP contribution is -2.24. The fourth-order valence-corrected chi connectivity index (χ4v) is 5.08. The normalized spacial score (nSPS) is 15.5. The quantitative estimate of drug-likeness (QED) is 0.359. The summed E-state index contributed by atoms with van der Waals surface area (Å²) in [4.78, 5) is 12.4. The molecule has 5 nitrogen and oxygen atoms in total. The van der Waals surface area contributed by atoms with Crippen molar-refractivity contribution in [1.29, 1.82) is 0 Å². The number of ether oxygens (including phenoxy) is 2. The Morgan fingerprint density at radius 1 is 1.00 bits per heavy atom. The summed E-state index contributed by atoms with van der Waals surface area (Å²) in [5.74, 6) is 2.09. The molecule has 1 atom stereocenters. The number of hydrogen-bond acceptors (Lipinski definition) is 4. The minimum atomic E-state index is -0.202. The molecule has 0 aromatic heterocycles. The minimum absolute atomic E-state index is 0.110. The van der Waals surface area contributed by atoms with Gasteiger partial charge in [0.1, 0.15) is 17.2 Å². The van der Waals surface area contributed by atoms with Gasteiger partial charge < -0.3 is 9.47 Å². The number of amides is 1. The van der Waals surface area contributed by atoms with Crippen LogP contribution in [0.5, 0.6) is 17.2 Å². The standard InChI is InChI=1S/C24H20Br2N2O3/c1-15(29)28-23(14-22(27-28)17-12-20(25)24(30-2)21(26)13-17)16-7-6-10-19(11-16)31-18-8-4-3-5-9-18/h3-13,23H,14H2,1-2H3. The molecule has 0 bridgehead atoms. The van der Waals surface area contributed by atoms with Crippen molar-refractivity contribution in [1.82, 2.24) is 5.01 Å². The van der Waals surface area contributed by atoms with E-state index in [0.717, 1.165) is 37.3 Å². The number of carbonyl (C=O) groups is 1. The van der Waals surface area contributed by atoms with Gasteiger partial charge in [0.25, 0.3) is 0 Å². The van der Waals surface area contributed by atoms with E-state index in [0.29, 0.717) is 12.2 Å². The number of hydrogen-bond donors (Lipinski definition) is 0. The zero-order valence-corrected chi connectivity index (χ0v) is 20.2. The molecule has 1 aliphatic heterocycles. The van der Waals surface area contributed by atoms with Crippen LogP contribution < -0.4 is 9.47 Å². The first-order valence-corrected chi connectivity index (χ1v) is 11.3. The maximum Gasteiger partial charge on any atom is 0.240 e. The van der Waals surface area contributed by atoms with Crippen molar-refractivity contribution in [2.24, 2.45) is 5.10 Å².